The van der Waals surface area contributed by atoms with Crippen LogP contribution in [-0.4, -0.2) is 41.1 Å². The first-order valence-corrected chi connectivity index (χ1v) is 7.80. The molecule has 116 valence electrons. The van der Waals surface area contributed by atoms with Gasteiger partial charge in [-0.25, -0.2) is 0 Å². The van der Waals surface area contributed by atoms with Crippen LogP contribution in [0.2, 0.25) is 5.02 Å². The molecule has 5 heteroatoms. The highest BCUT2D eigenvalue weighted by molar-refractivity contribution is 6.31. The Labute approximate surface area is 131 Å². The van der Waals surface area contributed by atoms with Crippen LogP contribution in [0.25, 0.3) is 0 Å². The highest BCUT2D eigenvalue weighted by Gasteiger charge is 2.28. The number of halogens is 1. The van der Waals surface area contributed by atoms with E-state index < -0.39 is 0 Å². The summed E-state index contributed by atoms with van der Waals surface area (Å²) in [6, 6.07) is 4.48. The van der Waals surface area contributed by atoms with Crippen molar-refractivity contribution in [3.05, 3.63) is 28.8 Å². The Morgan fingerprint density at radius 1 is 1.33 bits per heavy atom. The summed E-state index contributed by atoms with van der Waals surface area (Å²) >= 11 is 5.87. The summed E-state index contributed by atoms with van der Waals surface area (Å²) in [5.74, 6) is -0.340. The number of nitrogens with zero attached hydrogens (tertiary/aromatic N) is 1. The third kappa shape index (κ3) is 4.11. The molecule has 21 heavy (non-hydrogen) atoms. The minimum Gasteiger partial charge on any atom is -0.507 e. The predicted molar refractivity (Wildman–Crippen MR) is 85.0 cm³/mol. The van der Waals surface area contributed by atoms with Gasteiger partial charge in [-0.15, -0.1) is 0 Å². The summed E-state index contributed by atoms with van der Waals surface area (Å²) < 4.78 is 0. The molecule has 0 spiro atoms. The van der Waals surface area contributed by atoms with E-state index >= 15 is 0 Å². The maximum Gasteiger partial charge on any atom is 0.255 e. The molecule has 1 fully saturated rings. The van der Waals surface area contributed by atoms with Crippen molar-refractivity contribution < 1.29 is 9.90 Å². The smallest absolute Gasteiger partial charge is 0.255 e. The van der Waals surface area contributed by atoms with E-state index in [0.29, 0.717) is 11.6 Å². The minimum atomic E-state index is -0.292. The molecule has 2 N–H and O–H groups in total. The van der Waals surface area contributed by atoms with E-state index in [1.807, 2.05) is 0 Å². The van der Waals surface area contributed by atoms with Crippen molar-refractivity contribution in [3.8, 4) is 5.75 Å². The molecule has 0 radical (unpaired) electrons. The molecule has 0 unspecified atom stereocenters. The third-order valence-electron chi connectivity index (χ3n) is 4.10. The standard InChI is InChI=1S/C16H23ClN2O2/c1-16(2,19-8-4-3-5-9-19)11-18-15(21)13-10-12(17)6-7-14(13)20/h6-7,10,20H,3-5,8-9,11H2,1-2H3,(H,18,21). The van der Waals surface area contributed by atoms with E-state index in [2.05, 4.69) is 24.1 Å². The molecule has 1 aliphatic rings. The summed E-state index contributed by atoms with van der Waals surface area (Å²) in [4.78, 5) is 14.6. The highest BCUT2D eigenvalue weighted by atomic mass is 35.5. The van der Waals surface area contributed by atoms with Crippen LogP contribution in [-0.2, 0) is 0 Å². The van der Waals surface area contributed by atoms with Crippen LogP contribution in [0.15, 0.2) is 18.2 Å². The Kier molecular flexibility index (Phi) is 5.12. The van der Waals surface area contributed by atoms with Crippen LogP contribution in [0.5, 0.6) is 5.75 Å². The zero-order chi connectivity index (χ0) is 15.5. The van der Waals surface area contributed by atoms with E-state index in [9.17, 15) is 9.90 Å². The molecule has 1 heterocycles. The maximum atomic E-state index is 12.2. The highest BCUT2D eigenvalue weighted by Crippen LogP contribution is 2.23. The second-order valence-corrected chi connectivity index (χ2v) is 6.64. The fourth-order valence-corrected chi connectivity index (χ4v) is 2.87. The number of carbonyl (C=O) groups is 1. The molecule has 0 bridgehead atoms. The van der Waals surface area contributed by atoms with Gasteiger partial charge >= 0.3 is 0 Å². The fourth-order valence-electron chi connectivity index (χ4n) is 2.69. The minimum absolute atomic E-state index is 0.0484. The van der Waals surface area contributed by atoms with Gasteiger partial charge in [0, 0.05) is 17.1 Å². The number of hydrogen-bond donors (Lipinski definition) is 2. The van der Waals surface area contributed by atoms with Crippen LogP contribution in [0.1, 0.15) is 43.5 Å². The van der Waals surface area contributed by atoms with Crippen LogP contribution in [0.4, 0.5) is 0 Å². The van der Waals surface area contributed by atoms with Crippen molar-refractivity contribution in [3.63, 3.8) is 0 Å². The second kappa shape index (κ2) is 6.67. The number of carbonyl (C=O) groups excluding carboxylic acids is 1. The van der Waals surface area contributed by atoms with Gasteiger partial charge in [0.25, 0.3) is 5.91 Å². The number of rotatable bonds is 4. The van der Waals surface area contributed by atoms with Crippen molar-refractivity contribution in [2.75, 3.05) is 19.6 Å². The Balaban J connectivity index is 1.98. The van der Waals surface area contributed by atoms with Crippen molar-refractivity contribution in [2.45, 2.75) is 38.6 Å². The van der Waals surface area contributed by atoms with Crippen LogP contribution < -0.4 is 5.32 Å². The Hall–Kier alpha value is -1.26. The van der Waals surface area contributed by atoms with Crippen LogP contribution in [0.3, 0.4) is 0 Å². The van der Waals surface area contributed by atoms with Crippen LogP contribution >= 0.6 is 11.6 Å². The van der Waals surface area contributed by atoms with Crippen molar-refractivity contribution in [1.82, 2.24) is 10.2 Å². The van der Waals surface area contributed by atoms with Gasteiger partial charge in [0.05, 0.1) is 5.56 Å². The Morgan fingerprint density at radius 2 is 2.00 bits per heavy atom. The SMILES string of the molecule is CC(C)(CNC(=O)c1cc(Cl)ccc1O)N1CCCCC1. The van der Waals surface area contributed by atoms with Gasteiger partial charge in [0.1, 0.15) is 5.75 Å². The van der Waals surface area contributed by atoms with Crippen molar-refractivity contribution in [2.24, 2.45) is 0 Å². The first kappa shape index (κ1) is 16.1. The quantitative estimate of drug-likeness (QED) is 0.898. The number of aromatic hydroxyl groups is 1. The van der Waals surface area contributed by atoms with Gasteiger partial charge < -0.3 is 10.4 Å². The molecule has 4 nitrogen and oxygen atoms in total. The van der Waals surface area contributed by atoms with Gasteiger partial charge in [-0.2, -0.15) is 0 Å². The van der Waals surface area contributed by atoms with Gasteiger partial charge in [-0.05, 0) is 58.0 Å². The number of nitrogens with one attached hydrogen (secondary N) is 1. The molecule has 1 aromatic carbocycles. The monoisotopic (exact) mass is 310 g/mol. The zero-order valence-corrected chi connectivity index (χ0v) is 13.4. The summed E-state index contributed by atoms with van der Waals surface area (Å²) in [5.41, 5.74) is 0.126. The number of likely N-dealkylation sites (tertiary alicyclic amines) is 1. The first-order chi connectivity index (χ1) is 9.90. The average molecular weight is 311 g/mol. The number of phenols is 1. The number of amides is 1. The predicted octanol–water partition coefficient (Wildman–Crippen LogP) is 3.04. The van der Waals surface area contributed by atoms with Crippen molar-refractivity contribution in [1.29, 1.82) is 0 Å². The molecule has 1 aromatic rings. The number of benzene rings is 1. The lowest BCUT2D eigenvalue weighted by Gasteiger charge is -2.41. The zero-order valence-electron chi connectivity index (χ0n) is 12.7. The van der Waals surface area contributed by atoms with E-state index in [-0.39, 0.29) is 22.8 Å². The Morgan fingerprint density at radius 3 is 2.67 bits per heavy atom. The molecular weight excluding hydrogens is 288 g/mol. The van der Waals surface area contributed by atoms with Crippen LogP contribution in [0, 0.1) is 0 Å². The number of phenolic OH excluding ortho intramolecular Hbond substituents is 1. The molecule has 0 saturated carbocycles. The maximum absolute atomic E-state index is 12.2. The van der Waals surface area contributed by atoms with Gasteiger partial charge in [-0.3, -0.25) is 9.69 Å². The average Bonchev–Trinajstić information content (AvgIpc) is 2.48. The summed E-state index contributed by atoms with van der Waals surface area (Å²) in [6.45, 7) is 6.96. The van der Waals surface area contributed by atoms with Gasteiger partial charge in [-0.1, -0.05) is 18.0 Å². The van der Waals surface area contributed by atoms with E-state index in [1.165, 1.54) is 31.4 Å². The third-order valence-corrected chi connectivity index (χ3v) is 4.33. The molecule has 1 amide bonds. The molecule has 1 aliphatic heterocycles. The van der Waals surface area contributed by atoms with E-state index in [1.54, 1.807) is 6.07 Å². The summed E-state index contributed by atoms with van der Waals surface area (Å²) in [5, 5.41) is 13.1. The molecule has 0 aromatic heterocycles. The first-order valence-electron chi connectivity index (χ1n) is 7.42. The fraction of sp³-hybridized carbons (Fsp3) is 0.562. The second-order valence-electron chi connectivity index (χ2n) is 6.20. The Bertz CT molecular complexity index is 511. The summed E-state index contributed by atoms with van der Waals surface area (Å²) in [7, 11) is 0. The lowest BCUT2D eigenvalue weighted by atomic mass is 9.98. The van der Waals surface area contributed by atoms with Crippen molar-refractivity contribution >= 4 is 17.5 Å². The molecule has 0 aliphatic carbocycles. The van der Waals surface area contributed by atoms with Gasteiger partial charge in [0.2, 0.25) is 0 Å². The normalized spacial score (nSPS) is 16.7. The molecule has 2 rings (SSSR count). The number of hydrogen-bond acceptors (Lipinski definition) is 3. The molecule has 1 saturated heterocycles. The largest absolute Gasteiger partial charge is 0.507 e. The lowest BCUT2D eigenvalue weighted by molar-refractivity contribution is 0.0796. The lowest BCUT2D eigenvalue weighted by Crippen LogP contribution is -2.53. The number of piperidine rings is 1. The van der Waals surface area contributed by atoms with E-state index in [0.717, 1.165) is 13.1 Å². The topological polar surface area (TPSA) is 52.6 Å². The van der Waals surface area contributed by atoms with E-state index in [4.69, 9.17) is 11.6 Å². The van der Waals surface area contributed by atoms with Gasteiger partial charge in [0.15, 0.2) is 0 Å². The molecule has 0 atom stereocenters. The summed E-state index contributed by atoms with van der Waals surface area (Å²) in [6.07, 6.45) is 3.72. The molecular formula is C16H23ClN2O2.